The zero-order valence-corrected chi connectivity index (χ0v) is 10.4. The van der Waals surface area contributed by atoms with E-state index in [1.54, 1.807) is 0 Å². The quantitative estimate of drug-likeness (QED) is 0.481. The number of ketones is 2. The standard InChI is InChI=1S/C12H20O5/c1-9(2)4-3-5-10(14)6-12(16)17-8-11(15)7-13/h9,13H,3-8H2,1-2H3. The van der Waals surface area contributed by atoms with E-state index in [4.69, 9.17) is 5.11 Å². The molecule has 0 atom stereocenters. The Balaban J connectivity index is 3.66. The predicted octanol–water partition coefficient (Wildman–Crippen LogP) is 0.876. The Hall–Kier alpha value is -1.23. The third kappa shape index (κ3) is 9.68. The summed E-state index contributed by atoms with van der Waals surface area (Å²) in [7, 11) is 0. The molecule has 0 heterocycles. The molecule has 0 fully saturated rings. The fourth-order valence-corrected chi connectivity index (χ4v) is 1.21. The van der Waals surface area contributed by atoms with Crippen molar-refractivity contribution in [3.05, 3.63) is 0 Å². The van der Waals surface area contributed by atoms with Crippen LogP contribution in [-0.4, -0.2) is 35.9 Å². The van der Waals surface area contributed by atoms with Crippen molar-refractivity contribution in [1.29, 1.82) is 0 Å². The molecule has 0 spiro atoms. The minimum atomic E-state index is -0.707. The molecule has 0 aromatic heterocycles. The Kier molecular flexibility index (Phi) is 8.23. The molecule has 0 unspecified atom stereocenters. The number of aliphatic hydroxyl groups is 1. The Labute approximate surface area is 101 Å². The zero-order chi connectivity index (χ0) is 13.3. The Morgan fingerprint density at radius 2 is 1.82 bits per heavy atom. The van der Waals surface area contributed by atoms with Crippen LogP contribution in [0.25, 0.3) is 0 Å². The largest absolute Gasteiger partial charge is 0.457 e. The molecule has 0 aromatic rings. The molecule has 17 heavy (non-hydrogen) atoms. The summed E-state index contributed by atoms with van der Waals surface area (Å²) in [5.74, 6) is -0.920. The van der Waals surface area contributed by atoms with Crippen LogP contribution >= 0.6 is 0 Å². The second-order valence-electron chi connectivity index (χ2n) is 4.36. The first kappa shape index (κ1) is 15.8. The predicted molar refractivity (Wildman–Crippen MR) is 61.4 cm³/mol. The normalized spacial score (nSPS) is 10.4. The Morgan fingerprint density at radius 1 is 1.18 bits per heavy atom. The lowest BCUT2D eigenvalue weighted by molar-refractivity contribution is -0.150. The van der Waals surface area contributed by atoms with Gasteiger partial charge < -0.3 is 9.84 Å². The van der Waals surface area contributed by atoms with E-state index in [0.717, 1.165) is 12.8 Å². The summed E-state index contributed by atoms with van der Waals surface area (Å²) in [6, 6.07) is 0. The van der Waals surface area contributed by atoms with Crippen molar-refractivity contribution in [2.45, 2.75) is 39.5 Å². The summed E-state index contributed by atoms with van der Waals surface area (Å²) >= 11 is 0. The van der Waals surface area contributed by atoms with Gasteiger partial charge in [0.15, 0.2) is 12.4 Å². The zero-order valence-electron chi connectivity index (χ0n) is 10.4. The summed E-state index contributed by atoms with van der Waals surface area (Å²) in [5, 5.41) is 8.39. The van der Waals surface area contributed by atoms with Gasteiger partial charge in [0.2, 0.25) is 0 Å². The molecule has 5 nitrogen and oxygen atoms in total. The van der Waals surface area contributed by atoms with Gasteiger partial charge in [-0.25, -0.2) is 0 Å². The van der Waals surface area contributed by atoms with Crippen LogP contribution in [0.5, 0.6) is 0 Å². The van der Waals surface area contributed by atoms with Gasteiger partial charge >= 0.3 is 5.97 Å². The molecule has 0 amide bonds. The molecule has 1 N–H and O–H groups in total. The summed E-state index contributed by atoms with van der Waals surface area (Å²) in [4.78, 5) is 33.0. The fraction of sp³-hybridized carbons (Fsp3) is 0.750. The van der Waals surface area contributed by atoms with E-state index in [-0.39, 0.29) is 12.2 Å². The highest BCUT2D eigenvalue weighted by atomic mass is 16.5. The molecule has 0 radical (unpaired) electrons. The van der Waals surface area contributed by atoms with E-state index in [0.29, 0.717) is 12.3 Å². The topological polar surface area (TPSA) is 80.7 Å². The molecule has 0 bridgehead atoms. The maximum atomic E-state index is 11.3. The van der Waals surface area contributed by atoms with Gasteiger partial charge in [0.05, 0.1) is 0 Å². The SMILES string of the molecule is CC(C)CCCC(=O)CC(=O)OCC(=O)CO. The van der Waals surface area contributed by atoms with Gasteiger partial charge in [-0.2, -0.15) is 0 Å². The molecule has 0 saturated heterocycles. The highest BCUT2D eigenvalue weighted by Gasteiger charge is 2.12. The van der Waals surface area contributed by atoms with Gasteiger partial charge in [-0.1, -0.05) is 20.3 Å². The molecule has 5 heteroatoms. The molecule has 98 valence electrons. The molecular formula is C12H20O5. The van der Waals surface area contributed by atoms with E-state index in [2.05, 4.69) is 18.6 Å². The maximum Gasteiger partial charge on any atom is 0.313 e. The molecule has 0 aliphatic heterocycles. The van der Waals surface area contributed by atoms with E-state index in [1.807, 2.05) is 0 Å². The average molecular weight is 244 g/mol. The van der Waals surface area contributed by atoms with E-state index < -0.39 is 25.0 Å². The summed E-state index contributed by atoms with van der Waals surface area (Å²) in [6.07, 6.45) is 1.78. The van der Waals surface area contributed by atoms with Gasteiger partial charge in [-0.05, 0) is 12.3 Å². The van der Waals surface area contributed by atoms with Crippen LogP contribution < -0.4 is 0 Å². The lowest BCUT2D eigenvalue weighted by Gasteiger charge is -2.04. The minimum absolute atomic E-state index is 0.174. The first-order valence-electron chi connectivity index (χ1n) is 5.75. The highest BCUT2D eigenvalue weighted by molar-refractivity contribution is 5.96. The summed E-state index contributed by atoms with van der Waals surface area (Å²) in [6.45, 7) is 3.02. The smallest absolute Gasteiger partial charge is 0.313 e. The third-order valence-electron chi connectivity index (χ3n) is 2.15. The highest BCUT2D eigenvalue weighted by Crippen LogP contribution is 2.07. The van der Waals surface area contributed by atoms with Crippen molar-refractivity contribution in [3.8, 4) is 0 Å². The van der Waals surface area contributed by atoms with E-state index >= 15 is 0 Å². The number of hydrogen-bond donors (Lipinski definition) is 1. The van der Waals surface area contributed by atoms with Gasteiger partial charge in [0, 0.05) is 6.42 Å². The van der Waals surface area contributed by atoms with Crippen LogP contribution in [0.4, 0.5) is 0 Å². The average Bonchev–Trinajstić information content (AvgIpc) is 2.25. The molecule has 0 rings (SSSR count). The Morgan fingerprint density at radius 3 is 2.35 bits per heavy atom. The number of aliphatic hydroxyl groups excluding tert-OH is 1. The first-order valence-corrected chi connectivity index (χ1v) is 5.75. The Bertz CT molecular complexity index is 270. The van der Waals surface area contributed by atoms with Gasteiger partial charge in [-0.15, -0.1) is 0 Å². The third-order valence-corrected chi connectivity index (χ3v) is 2.15. The molecule has 0 aliphatic rings. The van der Waals surface area contributed by atoms with Crippen molar-refractivity contribution >= 4 is 17.5 Å². The molecule has 0 aromatic carbocycles. The second kappa shape index (κ2) is 8.87. The fourth-order valence-electron chi connectivity index (χ4n) is 1.21. The van der Waals surface area contributed by atoms with Crippen molar-refractivity contribution in [1.82, 2.24) is 0 Å². The number of esters is 1. The van der Waals surface area contributed by atoms with Crippen LogP contribution in [0, 0.1) is 5.92 Å². The van der Waals surface area contributed by atoms with Crippen molar-refractivity contribution < 1.29 is 24.2 Å². The number of hydrogen-bond acceptors (Lipinski definition) is 5. The van der Waals surface area contributed by atoms with Crippen molar-refractivity contribution in [2.75, 3.05) is 13.2 Å². The minimum Gasteiger partial charge on any atom is -0.457 e. The monoisotopic (exact) mass is 244 g/mol. The van der Waals surface area contributed by atoms with Crippen LogP contribution in [0.2, 0.25) is 0 Å². The number of Topliss-reactive ketones (excluding diaryl/α,β-unsaturated/α-hetero) is 2. The second-order valence-corrected chi connectivity index (χ2v) is 4.36. The number of ether oxygens (including phenoxy) is 1. The molecule has 0 saturated carbocycles. The van der Waals surface area contributed by atoms with Crippen LogP contribution in [0.3, 0.4) is 0 Å². The van der Waals surface area contributed by atoms with Crippen LogP contribution in [0.1, 0.15) is 39.5 Å². The van der Waals surface area contributed by atoms with Crippen molar-refractivity contribution in [3.63, 3.8) is 0 Å². The number of carbonyl (C=O) groups excluding carboxylic acids is 3. The molecular weight excluding hydrogens is 224 g/mol. The van der Waals surface area contributed by atoms with Gasteiger partial charge in [-0.3, -0.25) is 14.4 Å². The van der Waals surface area contributed by atoms with E-state index in [9.17, 15) is 14.4 Å². The first-order chi connectivity index (χ1) is 7.95. The van der Waals surface area contributed by atoms with Crippen LogP contribution in [-0.2, 0) is 19.1 Å². The number of carbonyl (C=O) groups is 3. The lowest BCUT2D eigenvalue weighted by atomic mass is 10.0. The number of rotatable bonds is 9. The molecule has 0 aliphatic carbocycles. The summed E-state index contributed by atoms with van der Waals surface area (Å²) in [5.41, 5.74) is 0. The summed E-state index contributed by atoms with van der Waals surface area (Å²) < 4.78 is 4.52. The lowest BCUT2D eigenvalue weighted by Crippen LogP contribution is -2.18. The van der Waals surface area contributed by atoms with Gasteiger partial charge in [0.1, 0.15) is 18.8 Å². The van der Waals surface area contributed by atoms with Gasteiger partial charge in [0.25, 0.3) is 0 Å². The van der Waals surface area contributed by atoms with Crippen molar-refractivity contribution in [2.24, 2.45) is 5.92 Å². The van der Waals surface area contributed by atoms with Crippen LogP contribution in [0.15, 0.2) is 0 Å². The van der Waals surface area contributed by atoms with E-state index in [1.165, 1.54) is 0 Å². The maximum absolute atomic E-state index is 11.3.